The summed E-state index contributed by atoms with van der Waals surface area (Å²) in [6, 6.07) is 5.04. The van der Waals surface area contributed by atoms with E-state index in [1.54, 1.807) is 6.07 Å². The zero-order valence-electron chi connectivity index (χ0n) is 12.3. The van der Waals surface area contributed by atoms with Crippen LogP contribution in [0.4, 0.5) is 10.1 Å². The first kappa shape index (κ1) is 15.8. The fraction of sp³-hybridized carbons (Fsp3) is 0.625. The first-order chi connectivity index (χ1) is 9.17. The minimum Gasteiger partial charge on any atom is -0.492 e. The van der Waals surface area contributed by atoms with Crippen LogP contribution in [0.3, 0.4) is 0 Å². The lowest BCUT2D eigenvalue weighted by Crippen LogP contribution is -2.15. The van der Waals surface area contributed by atoms with Gasteiger partial charge in [-0.2, -0.15) is 0 Å². The van der Waals surface area contributed by atoms with Crippen LogP contribution in [0.25, 0.3) is 0 Å². The second-order valence-electron chi connectivity index (χ2n) is 4.97. The van der Waals surface area contributed by atoms with Crippen molar-refractivity contribution in [2.24, 2.45) is 0 Å². The van der Waals surface area contributed by atoms with Crippen molar-refractivity contribution in [2.75, 3.05) is 11.9 Å². The van der Waals surface area contributed by atoms with E-state index in [0.717, 1.165) is 12.1 Å². The smallest absolute Gasteiger partial charge is 0.145 e. The molecule has 3 heteroatoms. The van der Waals surface area contributed by atoms with E-state index in [0.29, 0.717) is 18.4 Å². The molecular weight excluding hydrogens is 241 g/mol. The molecule has 0 saturated heterocycles. The number of hydrogen-bond donors (Lipinski definition) is 1. The summed E-state index contributed by atoms with van der Waals surface area (Å²) in [5.74, 6) is 0.340. The van der Waals surface area contributed by atoms with Crippen molar-refractivity contribution < 1.29 is 9.13 Å². The molecule has 0 radical (unpaired) electrons. The van der Waals surface area contributed by atoms with Crippen LogP contribution in [0.2, 0.25) is 0 Å². The maximum atomic E-state index is 13.2. The lowest BCUT2D eigenvalue weighted by Gasteiger charge is -2.18. The third-order valence-corrected chi connectivity index (χ3v) is 3.14. The van der Waals surface area contributed by atoms with E-state index in [2.05, 4.69) is 19.2 Å². The largest absolute Gasteiger partial charge is 0.492 e. The second-order valence-corrected chi connectivity index (χ2v) is 4.97. The third kappa shape index (κ3) is 5.95. The van der Waals surface area contributed by atoms with E-state index < -0.39 is 0 Å². The van der Waals surface area contributed by atoms with Crippen LogP contribution >= 0.6 is 0 Å². The lowest BCUT2D eigenvalue weighted by molar-refractivity contribution is 0.339. The normalized spacial score (nSPS) is 12.2. The van der Waals surface area contributed by atoms with Crippen LogP contribution in [0.15, 0.2) is 18.2 Å². The van der Waals surface area contributed by atoms with E-state index >= 15 is 0 Å². The summed E-state index contributed by atoms with van der Waals surface area (Å²) in [6.07, 6.45) is 6.20. The lowest BCUT2D eigenvalue weighted by atomic mass is 10.1. The summed E-state index contributed by atoms with van der Waals surface area (Å²) in [7, 11) is 0. The van der Waals surface area contributed by atoms with Gasteiger partial charge in [-0.3, -0.25) is 0 Å². The average Bonchev–Trinajstić information content (AvgIpc) is 2.38. The molecule has 1 atom stereocenters. The highest BCUT2D eigenvalue weighted by molar-refractivity contribution is 5.56. The highest BCUT2D eigenvalue weighted by atomic mass is 19.1. The second kappa shape index (κ2) is 8.78. The van der Waals surface area contributed by atoms with Crippen LogP contribution in [0.5, 0.6) is 5.75 Å². The first-order valence-corrected chi connectivity index (χ1v) is 7.36. The number of benzene rings is 1. The molecule has 0 saturated carbocycles. The Balaban J connectivity index is 2.50. The van der Waals surface area contributed by atoms with Gasteiger partial charge in [0.2, 0.25) is 0 Å². The van der Waals surface area contributed by atoms with Crippen molar-refractivity contribution in [3.63, 3.8) is 0 Å². The number of unbranched alkanes of at least 4 members (excludes halogenated alkanes) is 3. The molecule has 2 nitrogen and oxygen atoms in total. The number of nitrogens with one attached hydrogen (secondary N) is 1. The SMILES string of the molecule is CCCCCCC(C)Nc1ccc(F)cc1OCC. The number of ether oxygens (including phenoxy) is 1. The van der Waals surface area contributed by atoms with Gasteiger partial charge in [0.25, 0.3) is 0 Å². The van der Waals surface area contributed by atoms with Gasteiger partial charge in [-0.1, -0.05) is 32.6 Å². The molecule has 0 fully saturated rings. The molecule has 0 amide bonds. The van der Waals surface area contributed by atoms with Crippen molar-refractivity contribution in [2.45, 2.75) is 58.9 Å². The summed E-state index contributed by atoms with van der Waals surface area (Å²) >= 11 is 0. The molecule has 19 heavy (non-hydrogen) atoms. The Morgan fingerprint density at radius 3 is 2.68 bits per heavy atom. The molecule has 1 unspecified atom stereocenters. The molecular formula is C16H26FNO. The zero-order chi connectivity index (χ0) is 14.1. The molecule has 1 rings (SSSR count). The molecule has 1 N–H and O–H groups in total. The Kier molecular flexibility index (Phi) is 7.31. The van der Waals surface area contributed by atoms with E-state index in [1.807, 2.05) is 6.92 Å². The van der Waals surface area contributed by atoms with Crippen molar-refractivity contribution in [1.29, 1.82) is 0 Å². The van der Waals surface area contributed by atoms with Crippen molar-refractivity contribution >= 4 is 5.69 Å². The number of hydrogen-bond acceptors (Lipinski definition) is 2. The quantitative estimate of drug-likeness (QED) is 0.636. The fourth-order valence-corrected chi connectivity index (χ4v) is 2.11. The van der Waals surface area contributed by atoms with Gasteiger partial charge in [-0.05, 0) is 32.4 Å². The van der Waals surface area contributed by atoms with Gasteiger partial charge in [0, 0.05) is 12.1 Å². The maximum absolute atomic E-state index is 13.2. The third-order valence-electron chi connectivity index (χ3n) is 3.14. The molecule has 0 bridgehead atoms. The van der Waals surface area contributed by atoms with Crippen molar-refractivity contribution in [3.05, 3.63) is 24.0 Å². The molecule has 0 heterocycles. The summed E-state index contributed by atoms with van der Waals surface area (Å²) in [6.45, 7) is 6.82. The van der Waals surface area contributed by atoms with E-state index in [-0.39, 0.29) is 5.82 Å². The molecule has 1 aromatic carbocycles. The molecule has 108 valence electrons. The molecule has 0 aliphatic rings. The van der Waals surface area contributed by atoms with E-state index in [1.165, 1.54) is 37.8 Å². The van der Waals surface area contributed by atoms with Gasteiger partial charge in [-0.15, -0.1) is 0 Å². The predicted octanol–water partition coefficient (Wildman–Crippen LogP) is 5.00. The van der Waals surface area contributed by atoms with Gasteiger partial charge < -0.3 is 10.1 Å². The van der Waals surface area contributed by atoms with Crippen LogP contribution in [-0.2, 0) is 0 Å². The van der Waals surface area contributed by atoms with Gasteiger partial charge in [-0.25, -0.2) is 4.39 Å². The van der Waals surface area contributed by atoms with Crippen molar-refractivity contribution in [3.8, 4) is 5.75 Å². The Bertz CT molecular complexity index is 368. The van der Waals surface area contributed by atoms with Gasteiger partial charge >= 0.3 is 0 Å². The Morgan fingerprint density at radius 2 is 2.00 bits per heavy atom. The number of halogens is 1. The summed E-state index contributed by atoms with van der Waals surface area (Å²) in [5, 5.41) is 3.41. The summed E-state index contributed by atoms with van der Waals surface area (Å²) in [5.41, 5.74) is 0.881. The Hall–Kier alpha value is -1.25. The first-order valence-electron chi connectivity index (χ1n) is 7.36. The maximum Gasteiger partial charge on any atom is 0.145 e. The monoisotopic (exact) mass is 267 g/mol. The Labute approximate surface area is 116 Å². The van der Waals surface area contributed by atoms with Crippen LogP contribution in [0.1, 0.15) is 52.9 Å². The van der Waals surface area contributed by atoms with Gasteiger partial charge in [0.1, 0.15) is 11.6 Å². The zero-order valence-corrected chi connectivity index (χ0v) is 12.3. The predicted molar refractivity (Wildman–Crippen MR) is 79.4 cm³/mol. The molecule has 1 aromatic rings. The van der Waals surface area contributed by atoms with Crippen LogP contribution in [0, 0.1) is 5.82 Å². The molecule has 0 spiro atoms. The van der Waals surface area contributed by atoms with Crippen LogP contribution < -0.4 is 10.1 Å². The van der Waals surface area contributed by atoms with Gasteiger partial charge in [0.15, 0.2) is 0 Å². The highest BCUT2D eigenvalue weighted by Crippen LogP contribution is 2.26. The van der Waals surface area contributed by atoms with E-state index in [9.17, 15) is 4.39 Å². The number of rotatable bonds is 9. The fourth-order valence-electron chi connectivity index (χ4n) is 2.11. The minimum absolute atomic E-state index is 0.260. The van der Waals surface area contributed by atoms with Crippen molar-refractivity contribution in [1.82, 2.24) is 0 Å². The van der Waals surface area contributed by atoms with Crippen LogP contribution in [-0.4, -0.2) is 12.6 Å². The summed E-state index contributed by atoms with van der Waals surface area (Å²) in [4.78, 5) is 0. The molecule has 0 aromatic heterocycles. The Morgan fingerprint density at radius 1 is 1.21 bits per heavy atom. The number of anilines is 1. The molecule has 0 aliphatic heterocycles. The minimum atomic E-state index is -0.260. The van der Waals surface area contributed by atoms with E-state index in [4.69, 9.17) is 4.74 Å². The standard InChI is InChI=1S/C16H26FNO/c1-4-6-7-8-9-13(3)18-15-11-10-14(17)12-16(15)19-5-2/h10-13,18H,4-9H2,1-3H3. The topological polar surface area (TPSA) is 21.3 Å². The highest BCUT2D eigenvalue weighted by Gasteiger charge is 2.08. The molecule has 0 aliphatic carbocycles. The average molecular weight is 267 g/mol. The van der Waals surface area contributed by atoms with Gasteiger partial charge in [0.05, 0.1) is 12.3 Å². The summed E-state index contributed by atoms with van der Waals surface area (Å²) < 4.78 is 18.6.